The number of ether oxygens (including phenoxy) is 1. The van der Waals surface area contributed by atoms with Crippen molar-refractivity contribution < 1.29 is 17.9 Å². The number of aryl methyl sites for hydroxylation is 1. The van der Waals surface area contributed by atoms with Gasteiger partial charge in [0, 0.05) is 33.2 Å². The molecule has 1 aromatic rings. The van der Waals surface area contributed by atoms with Crippen molar-refractivity contribution in [3.05, 3.63) is 17.5 Å². The molecule has 0 radical (unpaired) electrons. The van der Waals surface area contributed by atoms with Gasteiger partial charge in [0.2, 0.25) is 15.9 Å². The fraction of sp³-hybridized carbons (Fsp3) is 0.750. The number of aromatic nitrogens is 2. The van der Waals surface area contributed by atoms with Gasteiger partial charge >= 0.3 is 0 Å². The first-order chi connectivity index (χ1) is 11.9. The molecule has 0 fully saturated rings. The molecule has 0 aliphatic carbocycles. The van der Waals surface area contributed by atoms with E-state index in [0.717, 1.165) is 43.7 Å². The second-order valence-electron chi connectivity index (χ2n) is 6.38. The number of hydrogen-bond donors (Lipinski definition) is 1. The Hall–Kier alpha value is -1.45. The first-order valence-electron chi connectivity index (χ1n) is 8.66. The van der Waals surface area contributed by atoms with Gasteiger partial charge in [-0.1, -0.05) is 6.42 Å². The Kier molecular flexibility index (Phi) is 7.39. The van der Waals surface area contributed by atoms with E-state index in [9.17, 15) is 13.2 Å². The largest absolute Gasteiger partial charge is 0.385 e. The summed E-state index contributed by atoms with van der Waals surface area (Å²) in [4.78, 5) is 11.9. The minimum Gasteiger partial charge on any atom is -0.385 e. The Bertz CT molecular complexity index is 672. The molecule has 1 amide bonds. The Balaban J connectivity index is 1.82. The highest BCUT2D eigenvalue weighted by molar-refractivity contribution is 7.88. The zero-order chi connectivity index (χ0) is 18.3. The van der Waals surface area contributed by atoms with Crippen LogP contribution >= 0.6 is 0 Å². The van der Waals surface area contributed by atoms with Crippen molar-refractivity contribution in [2.45, 2.75) is 51.7 Å². The Morgan fingerprint density at radius 3 is 2.84 bits per heavy atom. The van der Waals surface area contributed by atoms with Crippen LogP contribution < -0.4 is 5.32 Å². The van der Waals surface area contributed by atoms with E-state index < -0.39 is 10.0 Å². The maximum absolute atomic E-state index is 11.9. The molecule has 142 valence electrons. The molecule has 1 aliphatic heterocycles. The highest BCUT2D eigenvalue weighted by Gasteiger charge is 2.22. The maximum Gasteiger partial charge on any atom is 0.220 e. The molecule has 2 rings (SSSR count). The number of carbonyl (C=O) groups is 1. The van der Waals surface area contributed by atoms with Crippen molar-refractivity contribution in [1.82, 2.24) is 19.4 Å². The van der Waals surface area contributed by atoms with E-state index in [-0.39, 0.29) is 5.91 Å². The van der Waals surface area contributed by atoms with E-state index in [2.05, 4.69) is 10.4 Å². The number of hydrogen-bond acceptors (Lipinski definition) is 5. The first-order valence-corrected chi connectivity index (χ1v) is 10.5. The van der Waals surface area contributed by atoms with E-state index >= 15 is 0 Å². The molecule has 0 saturated heterocycles. The third kappa shape index (κ3) is 6.41. The third-order valence-electron chi connectivity index (χ3n) is 4.22. The van der Waals surface area contributed by atoms with Gasteiger partial charge in [-0.3, -0.25) is 9.48 Å². The Morgan fingerprint density at radius 1 is 1.32 bits per heavy atom. The number of nitrogens with one attached hydrogen (secondary N) is 1. The zero-order valence-corrected chi connectivity index (χ0v) is 15.8. The van der Waals surface area contributed by atoms with Crippen LogP contribution in [-0.4, -0.2) is 54.9 Å². The number of sulfonamides is 1. The third-order valence-corrected chi connectivity index (χ3v) is 5.47. The lowest BCUT2D eigenvalue weighted by Gasteiger charge is -2.16. The average molecular weight is 372 g/mol. The lowest BCUT2D eigenvalue weighted by molar-refractivity contribution is -0.121. The molecule has 0 atom stereocenters. The Labute approximate surface area is 149 Å². The fourth-order valence-corrected chi connectivity index (χ4v) is 3.68. The molecule has 2 heterocycles. The number of rotatable bonds is 9. The molecule has 1 aliphatic rings. The molecule has 1 aromatic heterocycles. The van der Waals surface area contributed by atoms with Crippen LogP contribution in [0.25, 0.3) is 0 Å². The number of unbranched alkanes of at least 4 members (excludes halogenated alkanes) is 2. The van der Waals surface area contributed by atoms with Gasteiger partial charge in [-0.05, 0) is 25.3 Å². The molecule has 25 heavy (non-hydrogen) atoms. The standard InChI is InChI=1S/C16H28N4O4S/c1-24-10-5-3-4-7-16(21)17-12-14-11-15-13-19(25(2,22)23)8-6-9-20(15)18-14/h11H,3-10,12-13H2,1-2H3,(H,17,21). The molecule has 0 bridgehead atoms. The molecule has 1 N–H and O–H groups in total. The van der Waals surface area contributed by atoms with E-state index in [1.54, 1.807) is 7.11 Å². The molecular formula is C16H28N4O4S. The second-order valence-corrected chi connectivity index (χ2v) is 8.36. The van der Waals surface area contributed by atoms with Crippen LogP contribution in [0.4, 0.5) is 0 Å². The molecule has 0 spiro atoms. The summed E-state index contributed by atoms with van der Waals surface area (Å²) in [6.45, 7) is 2.63. The molecule has 0 unspecified atom stereocenters. The summed E-state index contributed by atoms with van der Waals surface area (Å²) < 4.78 is 31.8. The lowest BCUT2D eigenvalue weighted by Crippen LogP contribution is -2.29. The number of amides is 1. The molecule has 9 heteroatoms. The van der Waals surface area contributed by atoms with E-state index in [1.807, 2.05) is 10.7 Å². The summed E-state index contributed by atoms with van der Waals surface area (Å²) >= 11 is 0. The van der Waals surface area contributed by atoms with Crippen molar-refractivity contribution in [3.8, 4) is 0 Å². The van der Waals surface area contributed by atoms with E-state index in [1.165, 1.54) is 10.6 Å². The molecule has 8 nitrogen and oxygen atoms in total. The summed E-state index contributed by atoms with van der Waals surface area (Å²) in [5.41, 5.74) is 1.63. The minimum atomic E-state index is -3.21. The average Bonchev–Trinajstić information content (AvgIpc) is 2.81. The van der Waals surface area contributed by atoms with Crippen LogP contribution in [0.3, 0.4) is 0 Å². The van der Waals surface area contributed by atoms with E-state index in [4.69, 9.17) is 4.74 Å². The summed E-state index contributed by atoms with van der Waals surface area (Å²) in [5.74, 6) is 0.0124. The van der Waals surface area contributed by atoms with Crippen LogP contribution in [0.2, 0.25) is 0 Å². The van der Waals surface area contributed by atoms with Gasteiger partial charge in [0.05, 0.1) is 30.7 Å². The number of methoxy groups -OCH3 is 1. The van der Waals surface area contributed by atoms with E-state index in [0.29, 0.717) is 32.6 Å². The summed E-state index contributed by atoms with van der Waals surface area (Å²) in [5, 5.41) is 7.36. The quantitative estimate of drug-likeness (QED) is 0.649. The van der Waals surface area contributed by atoms with Crippen LogP contribution in [0.5, 0.6) is 0 Å². The van der Waals surface area contributed by atoms with Crippen LogP contribution in [0, 0.1) is 0 Å². The first kappa shape index (κ1) is 19.9. The van der Waals surface area contributed by atoms with Gasteiger partial charge in [0.25, 0.3) is 0 Å². The van der Waals surface area contributed by atoms with Gasteiger partial charge in [0.1, 0.15) is 0 Å². The lowest BCUT2D eigenvalue weighted by atomic mass is 10.2. The van der Waals surface area contributed by atoms with Crippen LogP contribution in [-0.2, 0) is 39.2 Å². The number of nitrogens with zero attached hydrogens (tertiary/aromatic N) is 3. The summed E-state index contributed by atoms with van der Waals surface area (Å²) in [7, 11) is -1.54. The number of carbonyl (C=O) groups excluding carboxylic acids is 1. The van der Waals surface area contributed by atoms with Gasteiger partial charge in [-0.15, -0.1) is 0 Å². The van der Waals surface area contributed by atoms with Crippen LogP contribution in [0.1, 0.15) is 43.5 Å². The van der Waals surface area contributed by atoms with Crippen molar-refractivity contribution in [2.24, 2.45) is 0 Å². The van der Waals surface area contributed by atoms with Crippen LogP contribution in [0.15, 0.2) is 6.07 Å². The zero-order valence-electron chi connectivity index (χ0n) is 15.0. The monoisotopic (exact) mass is 372 g/mol. The highest BCUT2D eigenvalue weighted by atomic mass is 32.2. The molecule has 0 aromatic carbocycles. The fourth-order valence-electron chi connectivity index (χ4n) is 2.85. The molecule has 0 saturated carbocycles. The predicted octanol–water partition coefficient (Wildman–Crippen LogP) is 0.871. The normalized spacial score (nSPS) is 15.6. The number of fused-ring (bicyclic) bond motifs is 1. The summed E-state index contributed by atoms with van der Waals surface area (Å²) in [6.07, 6.45) is 5.24. The van der Waals surface area contributed by atoms with Crippen molar-refractivity contribution in [1.29, 1.82) is 0 Å². The second kappa shape index (κ2) is 9.30. The van der Waals surface area contributed by atoms with Gasteiger partial charge in [-0.25, -0.2) is 8.42 Å². The van der Waals surface area contributed by atoms with Crippen molar-refractivity contribution >= 4 is 15.9 Å². The van der Waals surface area contributed by atoms with Gasteiger partial charge in [0.15, 0.2) is 0 Å². The summed E-state index contributed by atoms with van der Waals surface area (Å²) in [6, 6.07) is 1.88. The van der Waals surface area contributed by atoms with Gasteiger partial charge in [-0.2, -0.15) is 9.40 Å². The van der Waals surface area contributed by atoms with Gasteiger partial charge < -0.3 is 10.1 Å². The topological polar surface area (TPSA) is 93.5 Å². The highest BCUT2D eigenvalue weighted by Crippen LogP contribution is 2.16. The predicted molar refractivity (Wildman–Crippen MR) is 94.3 cm³/mol. The van der Waals surface area contributed by atoms with Crippen molar-refractivity contribution in [3.63, 3.8) is 0 Å². The maximum atomic E-state index is 11.9. The smallest absolute Gasteiger partial charge is 0.220 e. The van der Waals surface area contributed by atoms with Crippen molar-refractivity contribution in [2.75, 3.05) is 26.5 Å². The SMILES string of the molecule is COCCCCCC(=O)NCc1cc2n(n1)CCCN(S(C)(=O)=O)C2. The Morgan fingerprint density at radius 2 is 2.12 bits per heavy atom. The minimum absolute atomic E-state index is 0.0124. The molecular weight excluding hydrogens is 344 g/mol.